The van der Waals surface area contributed by atoms with Gasteiger partial charge in [-0.05, 0) is 47.7 Å². The van der Waals surface area contributed by atoms with Crippen LogP contribution in [0, 0.1) is 0 Å². The molecule has 0 bridgehead atoms. The van der Waals surface area contributed by atoms with Gasteiger partial charge in [0, 0.05) is 11.9 Å². The molecule has 0 aliphatic carbocycles. The summed E-state index contributed by atoms with van der Waals surface area (Å²) in [5, 5.41) is 2.27. The van der Waals surface area contributed by atoms with Gasteiger partial charge in [0.25, 0.3) is 0 Å². The van der Waals surface area contributed by atoms with E-state index in [2.05, 4.69) is 34.9 Å². The van der Waals surface area contributed by atoms with Gasteiger partial charge in [-0.25, -0.2) is 4.98 Å². The van der Waals surface area contributed by atoms with Crippen molar-refractivity contribution in [2.24, 2.45) is 0 Å². The minimum Gasteiger partial charge on any atom is -0.493 e. The molecule has 1 heterocycles. The second kappa shape index (κ2) is 9.25. The number of imidazole rings is 1. The van der Waals surface area contributed by atoms with Crippen LogP contribution in [0.25, 0.3) is 21.8 Å². The smallest absolute Gasteiger partial charge is 0.160 e. The molecule has 166 valence electrons. The monoisotopic (exact) mass is 438 g/mol. The molecule has 0 radical (unpaired) electrons. The molecule has 5 rings (SSSR count). The lowest BCUT2D eigenvalue weighted by atomic mass is 10.1. The number of nitrogens with zero attached hydrogens (tertiary/aromatic N) is 2. The third kappa shape index (κ3) is 4.22. The molecular formula is C28H26N2O3. The van der Waals surface area contributed by atoms with Crippen molar-refractivity contribution in [3.63, 3.8) is 0 Å². The molecule has 0 unspecified atom stereocenters. The van der Waals surface area contributed by atoms with Crippen LogP contribution in [0.2, 0.25) is 0 Å². The maximum atomic E-state index is 6.27. The normalized spacial score (nSPS) is 11.1. The molecule has 0 fully saturated rings. The molecule has 1 aromatic heterocycles. The Balaban J connectivity index is 1.42. The zero-order chi connectivity index (χ0) is 22.6. The van der Waals surface area contributed by atoms with Gasteiger partial charge in [0.05, 0.1) is 25.3 Å². The van der Waals surface area contributed by atoms with Crippen molar-refractivity contribution < 1.29 is 14.2 Å². The lowest BCUT2D eigenvalue weighted by Crippen LogP contribution is -2.09. The highest BCUT2D eigenvalue weighted by Crippen LogP contribution is 2.29. The molecule has 33 heavy (non-hydrogen) atoms. The molecule has 5 nitrogen and oxygen atoms in total. The molecule has 0 aliphatic rings. The van der Waals surface area contributed by atoms with Gasteiger partial charge in [0.1, 0.15) is 18.2 Å². The maximum absolute atomic E-state index is 6.27. The van der Waals surface area contributed by atoms with Crippen molar-refractivity contribution in [2.75, 3.05) is 14.2 Å². The van der Waals surface area contributed by atoms with Crippen molar-refractivity contribution in [3.05, 3.63) is 96.3 Å². The number of methoxy groups -OCH3 is 2. The Labute approximate surface area is 193 Å². The predicted molar refractivity (Wildman–Crippen MR) is 131 cm³/mol. The van der Waals surface area contributed by atoms with E-state index in [0.717, 1.165) is 57.8 Å². The quantitative estimate of drug-likeness (QED) is 0.297. The van der Waals surface area contributed by atoms with E-state index in [1.165, 1.54) is 5.56 Å². The Bertz CT molecular complexity index is 1400. The number of aryl methyl sites for hydroxylation is 2. The zero-order valence-corrected chi connectivity index (χ0v) is 18.8. The number of benzene rings is 4. The maximum Gasteiger partial charge on any atom is 0.160 e. The highest BCUT2D eigenvalue weighted by atomic mass is 16.5. The van der Waals surface area contributed by atoms with Crippen LogP contribution in [0.15, 0.2) is 84.9 Å². The predicted octanol–water partition coefficient (Wildman–Crippen LogP) is 6.03. The Morgan fingerprint density at radius 3 is 2.42 bits per heavy atom. The third-order valence-electron chi connectivity index (χ3n) is 5.91. The summed E-state index contributed by atoms with van der Waals surface area (Å²) in [6.45, 7) is 1.18. The lowest BCUT2D eigenvalue weighted by Gasteiger charge is -2.13. The number of para-hydroxylation sites is 2. The fourth-order valence-electron chi connectivity index (χ4n) is 4.23. The molecule has 0 atom stereocenters. The average Bonchev–Trinajstić information content (AvgIpc) is 3.23. The van der Waals surface area contributed by atoms with Gasteiger partial charge >= 0.3 is 0 Å². The Morgan fingerprint density at radius 1 is 0.758 bits per heavy atom. The zero-order valence-electron chi connectivity index (χ0n) is 18.8. The van der Waals surface area contributed by atoms with E-state index in [1.807, 2.05) is 54.6 Å². The molecule has 0 amide bonds. The number of hydrogen-bond donors (Lipinski definition) is 0. The van der Waals surface area contributed by atoms with Crippen LogP contribution in [0.5, 0.6) is 17.2 Å². The third-order valence-corrected chi connectivity index (χ3v) is 5.91. The van der Waals surface area contributed by atoms with Crippen LogP contribution in [0.1, 0.15) is 11.4 Å². The molecule has 0 saturated carbocycles. The van der Waals surface area contributed by atoms with Crippen LogP contribution in [-0.2, 0) is 19.6 Å². The standard InChI is InChI=1S/C28H26N2O3/c1-31-26-15-14-20(18-27(26)32-2)16-17-30-24-12-6-5-11-23(24)29-28(30)19-33-25-13-7-9-21-8-3-4-10-22(21)25/h3-15,18H,16-17,19H2,1-2H3. The molecular weight excluding hydrogens is 412 g/mol. The Kier molecular flexibility index (Phi) is 5.85. The number of rotatable bonds is 8. The molecule has 5 aromatic rings. The highest BCUT2D eigenvalue weighted by molar-refractivity contribution is 5.88. The molecule has 5 heteroatoms. The van der Waals surface area contributed by atoms with E-state index < -0.39 is 0 Å². The van der Waals surface area contributed by atoms with Gasteiger partial charge in [-0.1, -0.05) is 54.6 Å². The van der Waals surface area contributed by atoms with E-state index in [-0.39, 0.29) is 0 Å². The lowest BCUT2D eigenvalue weighted by molar-refractivity contribution is 0.293. The van der Waals surface area contributed by atoms with Crippen LogP contribution in [0.3, 0.4) is 0 Å². The fraction of sp³-hybridized carbons (Fsp3) is 0.179. The Hall–Kier alpha value is -3.99. The fourth-order valence-corrected chi connectivity index (χ4v) is 4.23. The average molecular weight is 439 g/mol. The molecule has 0 spiro atoms. The van der Waals surface area contributed by atoms with Gasteiger partial charge in [0.15, 0.2) is 11.5 Å². The van der Waals surface area contributed by atoms with Crippen molar-refractivity contribution in [1.29, 1.82) is 0 Å². The molecule has 0 saturated heterocycles. The number of fused-ring (bicyclic) bond motifs is 2. The number of hydrogen-bond acceptors (Lipinski definition) is 4. The molecule has 0 aliphatic heterocycles. The summed E-state index contributed by atoms with van der Waals surface area (Å²) < 4.78 is 19.4. The first kappa shape index (κ1) is 20.9. The van der Waals surface area contributed by atoms with Gasteiger partial charge in [-0.3, -0.25) is 0 Å². The summed E-state index contributed by atoms with van der Waals surface area (Å²) >= 11 is 0. The highest BCUT2D eigenvalue weighted by Gasteiger charge is 2.13. The van der Waals surface area contributed by atoms with Crippen LogP contribution < -0.4 is 14.2 Å². The van der Waals surface area contributed by atoms with Crippen molar-refractivity contribution in [3.8, 4) is 17.2 Å². The summed E-state index contributed by atoms with van der Waals surface area (Å²) in [6, 6.07) is 28.7. The van der Waals surface area contributed by atoms with Crippen LogP contribution in [-0.4, -0.2) is 23.8 Å². The molecule has 0 N–H and O–H groups in total. The minimum atomic E-state index is 0.397. The second-order valence-electron chi connectivity index (χ2n) is 7.87. The number of aromatic nitrogens is 2. The van der Waals surface area contributed by atoms with Gasteiger partial charge in [-0.15, -0.1) is 0 Å². The van der Waals surface area contributed by atoms with Crippen LogP contribution >= 0.6 is 0 Å². The first-order valence-electron chi connectivity index (χ1n) is 11.0. The van der Waals surface area contributed by atoms with Crippen molar-refractivity contribution in [2.45, 2.75) is 19.6 Å². The Morgan fingerprint density at radius 2 is 1.55 bits per heavy atom. The van der Waals surface area contributed by atoms with Gasteiger partial charge in [0.2, 0.25) is 0 Å². The van der Waals surface area contributed by atoms with E-state index in [4.69, 9.17) is 19.2 Å². The van der Waals surface area contributed by atoms with E-state index in [1.54, 1.807) is 14.2 Å². The van der Waals surface area contributed by atoms with Gasteiger partial charge < -0.3 is 18.8 Å². The summed E-state index contributed by atoms with van der Waals surface area (Å²) in [5.41, 5.74) is 3.25. The first-order valence-corrected chi connectivity index (χ1v) is 11.0. The van der Waals surface area contributed by atoms with E-state index in [0.29, 0.717) is 6.61 Å². The summed E-state index contributed by atoms with van der Waals surface area (Å²) in [4.78, 5) is 4.87. The summed E-state index contributed by atoms with van der Waals surface area (Å²) in [6.07, 6.45) is 0.835. The second-order valence-corrected chi connectivity index (χ2v) is 7.87. The van der Waals surface area contributed by atoms with Gasteiger partial charge in [-0.2, -0.15) is 0 Å². The largest absolute Gasteiger partial charge is 0.493 e. The minimum absolute atomic E-state index is 0.397. The first-order chi connectivity index (χ1) is 16.3. The van der Waals surface area contributed by atoms with Crippen molar-refractivity contribution >= 4 is 21.8 Å². The van der Waals surface area contributed by atoms with E-state index in [9.17, 15) is 0 Å². The topological polar surface area (TPSA) is 45.5 Å². The molecule has 4 aromatic carbocycles. The number of ether oxygens (including phenoxy) is 3. The van der Waals surface area contributed by atoms with Crippen molar-refractivity contribution in [1.82, 2.24) is 9.55 Å². The van der Waals surface area contributed by atoms with E-state index >= 15 is 0 Å². The summed E-state index contributed by atoms with van der Waals surface area (Å²) in [7, 11) is 3.31. The SMILES string of the molecule is COc1ccc(CCn2c(COc3cccc4ccccc34)nc3ccccc32)cc1OC. The van der Waals surface area contributed by atoms with Crippen LogP contribution in [0.4, 0.5) is 0 Å². The summed E-state index contributed by atoms with van der Waals surface area (Å²) in [5.74, 6) is 3.25.